The summed E-state index contributed by atoms with van der Waals surface area (Å²) in [6, 6.07) is 16.5. The molecular weight excluding hydrogens is 328 g/mol. The van der Waals surface area contributed by atoms with Crippen LogP contribution in [0.4, 0.5) is 0 Å². The van der Waals surface area contributed by atoms with E-state index < -0.39 is 0 Å². The van der Waals surface area contributed by atoms with Crippen molar-refractivity contribution in [3.05, 3.63) is 76.5 Å². The molecular formula is C21H22N2OS. The number of nitrogens with zero attached hydrogens (tertiary/aromatic N) is 2. The fourth-order valence-corrected chi connectivity index (χ4v) is 3.26. The summed E-state index contributed by atoms with van der Waals surface area (Å²) in [4.78, 5) is 9.08. The summed E-state index contributed by atoms with van der Waals surface area (Å²) in [5.41, 5.74) is 5.77. The second-order valence-corrected chi connectivity index (χ2v) is 7.15. The molecule has 128 valence electrons. The van der Waals surface area contributed by atoms with Crippen LogP contribution in [-0.2, 0) is 5.75 Å². The predicted molar refractivity (Wildman–Crippen MR) is 103 cm³/mol. The lowest BCUT2D eigenvalue weighted by atomic mass is 10.1. The molecule has 4 heteroatoms. The molecule has 0 bridgehead atoms. The molecule has 0 aliphatic heterocycles. The van der Waals surface area contributed by atoms with E-state index in [4.69, 9.17) is 4.74 Å². The molecule has 0 aliphatic rings. The normalized spacial score (nSPS) is 10.7. The highest BCUT2D eigenvalue weighted by Gasteiger charge is 2.08. The quantitative estimate of drug-likeness (QED) is 0.430. The topological polar surface area (TPSA) is 35.0 Å². The number of thioether (sulfide) groups is 1. The van der Waals surface area contributed by atoms with Gasteiger partial charge in [-0.15, -0.1) is 0 Å². The zero-order chi connectivity index (χ0) is 17.8. The molecule has 0 atom stereocenters. The van der Waals surface area contributed by atoms with E-state index in [0.717, 1.165) is 27.9 Å². The second-order valence-electron chi connectivity index (χ2n) is 6.20. The molecule has 1 aromatic heterocycles. The third-order valence-electron chi connectivity index (χ3n) is 4.07. The lowest BCUT2D eigenvalue weighted by Crippen LogP contribution is -1.97. The lowest BCUT2D eigenvalue weighted by Gasteiger charge is -2.11. The summed E-state index contributed by atoms with van der Waals surface area (Å²) in [6.07, 6.45) is 0. The number of hydrogen-bond acceptors (Lipinski definition) is 4. The molecule has 25 heavy (non-hydrogen) atoms. The zero-order valence-corrected chi connectivity index (χ0v) is 15.9. The van der Waals surface area contributed by atoms with Crippen LogP contribution in [0.2, 0.25) is 0 Å². The third kappa shape index (κ3) is 4.60. The van der Waals surface area contributed by atoms with Gasteiger partial charge in [-0.25, -0.2) is 4.98 Å². The van der Waals surface area contributed by atoms with Crippen molar-refractivity contribution in [3.8, 4) is 11.6 Å². The van der Waals surface area contributed by atoms with Crippen LogP contribution in [-0.4, -0.2) is 9.97 Å². The summed E-state index contributed by atoms with van der Waals surface area (Å²) in [5, 5.41) is 0.737. The van der Waals surface area contributed by atoms with Crippen molar-refractivity contribution < 1.29 is 4.74 Å². The van der Waals surface area contributed by atoms with Gasteiger partial charge < -0.3 is 4.74 Å². The van der Waals surface area contributed by atoms with Crippen molar-refractivity contribution in [2.75, 3.05) is 0 Å². The molecule has 3 nitrogen and oxygen atoms in total. The molecule has 0 aliphatic carbocycles. The minimum absolute atomic E-state index is 0.590. The first-order valence-electron chi connectivity index (χ1n) is 8.29. The van der Waals surface area contributed by atoms with Gasteiger partial charge in [-0.05, 0) is 50.5 Å². The highest BCUT2D eigenvalue weighted by Crippen LogP contribution is 2.28. The van der Waals surface area contributed by atoms with Crippen molar-refractivity contribution in [1.29, 1.82) is 0 Å². The Hall–Kier alpha value is -2.33. The van der Waals surface area contributed by atoms with E-state index >= 15 is 0 Å². The minimum atomic E-state index is 0.590. The van der Waals surface area contributed by atoms with Crippen molar-refractivity contribution in [2.24, 2.45) is 0 Å². The van der Waals surface area contributed by atoms with E-state index in [1.807, 2.05) is 25.1 Å². The standard InChI is InChI=1S/C21H22N2OS/c1-14-8-10-18(11-9-14)13-25-21-22-16(3)12-20(23-21)24-19-7-5-6-15(2)17(19)4/h5-12H,13H2,1-4H3. The van der Waals surface area contributed by atoms with Crippen LogP contribution in [0.5, 0.6) is 11.6 Å². The number of ether oxygens (including phenoxy) is 1. The Morgan fingerprint density at radius 2 is 1.68 bits per heavy atom. The summed E-state index contributed by atoms with van der Waals surface area (Å²) in [7, 11) is 0. The molecule has 3 rings (SSSR count). The highest BCUT2D eigenvalue weighted by atomic mass is 32.2. The van der Waals surface area contributed by atoms with Crippen molar-refractivity contribution in [2.45, 2.75) is 38.6 Å². The average molecular weight is 350 g/mol. The van der Waals surface area contributed by atoms with Gasteiger partial charge in [0.25, 0.3) is 0 Å². The van der Waals surface area contributed by atoms with Crippen LogP contribution in [0.15, 0.2) is 53.7 Å². The molecule has 2 aromatic carbocycles. The first-order chi connectivity index (χ1) is 12.0. The predicted octanol–water partition coefficient (Wildman–Crippen LogP) is 5.79. The number of aryl methyl sites for hydroxylation is 3. The largest absolute Gasteiger partial charge is 0.439 e. The molecule has 0 unspecified atom stereocenters. The number of aromatic nitrogens is 2. The average Bonchev–Trinajstić information content (AvgIpc) is 2.58. The van der Waals surface area contributed by atoms with Gasteiger partial charge in [-0.1, -0.05) is 53.7 Å². The Bertz CT molecular complexity index is 876. The highest BCUT2D eigenvalue weighted by molar-refractivity contribution is 7.98. The lowest BCUT2D eigenvalue weighted by molar-refractivity contribution is 0.451. The Labute approximate surface area is 153 Å². The SMILES string of the molecule is Cc1ccc(CSc2nc(C)cc(Oc3cccc(C)c3C)n2)cc1. The molecule has 0 saturated carbocycles. The van der Waals surface area contributed by atoms with Gasteiger partial charge in [-0.3, -0.25) is 0 Å². The van der Waals surface area contributed by atoms with Gasteiger partial charge in [-0.2, -0.15) is 4.98 Å². The fraction of sp³-hybridized carbons (Fsp3) is 0.238. The van der Waals surface area contributed by atoms with Crippen LogP contribution in [0.3, 0.4) is 0 Å². The molecule has 0 spiro atoms. The van der Waals surface area contributed by atoms with E-state index in [-0.39, 0.29) is 0 Å². The first-order valence-corrected chi connectivity index (χ1v) is 9.28. The second kappa shape index (κ2) is 7.70. The van der Waals surface area contributed by atoms with E-state index in [0.29, 0.717) is 5.88 Å². The third-order valence-corrected chi connectivity index (χ3v) is 4.99. The number of rotatable bonds is 5. The van der Waals surface area contributed by atoms with Gasteiger partial charge >= 0.3 is 0 Å². The van der Waals surface area contributed by atoms with Crippen molar-refractivity contribution in [1.82, 2.24) is 9.97 Å². The van der Waals surface area contributed by atoms with Crippen LogP contribution in [0, 0.1) is 27.7 Å². The molecule has 0 saturated heterocycles. The Morgan fingerprint density at radius 1 is 0.920 bits per heavy atom. The molecule has 1 heterocycles. The smallest absolute Gasteiger partial charge is 0.223 e. The van der Waals surface area contributed by atoms with Crippen LogP contribution < -0.4 is 4.74 Å². The molecule has 3 aromatic rings. The first kappa shape index (κ1) is 17.5. The van der Waals surface area contributed by atoms with Gasteiger partial charge in [0.2, 0.25) is 5.88 Å². The number of benzene rings is 2. The van der Waals surface area contributed by atoms with Crippen molar-refractivity contribution >= 4 is 11.8 Å². The summed E-state index contributed by atoms with van der Waals surface area (Å²) >= 11 is 1.62. The molecule has 0 amide bonds. The van der Waals surface area contributed by atoms with Gasteiger partial charge in [0.05, 0.1) is 0 Å². The molecule has 0 radical (unpaired) electrons. The summed E-state index contributed by atoms with van der Waals surface area (Å²) in [6.45, 7) is 8.20. The maximum atomic E-state index is 6.01. The van der Waals surface area contributed by atoms with Crippen LogP contribution in [0.1, 0.15) is 27.9 Å². The Kier molecular flexibility index (Phi) is 5.39. The van der Waals surface area contributed by atoms with E-state index in [2.05, 4.69) is 61.1 Å². The zero-order valence-electron chi connectivity index (χ0n) is 15.0. The van der Waals surface area contributed by atoms with Crippen molar-refractivity contribution in [3.63, 3.8) is 0 Å². The van der Waals surface area contributed by atoms with Gasteiger partial charge in [0.1, 0.15) is 5.75 Å². The van der Waals surface area contributed by atoms with E-state index in [1.54, 1.807) is 11.8 Å². The summed E-state index contributed by atoms with van der Waals surface area (Å²) < 4.78 is 6.01. The Balaban J connectivity index is 1.76. The fourth-order valence-electron chi connectivity index (χ4n) is 2.41. The van der Waals surface area contributed by atoms with E-state index in [9.17, 15) is 0 Å². The number of hydrogen-bond donors (Lipinski definition) is 0. The van der Waals surface area contributed by atoms with Gasteiger partial charge in [0.15, 0.2) is 5.16 Å². The van der Waals surface area contributed by atoms with Gasteiger partial charge in [0, 0.05) is 17.5 Å². The minimum Gasteiger partial charge on any atom is -0.439 e. The summed E-state index contributed by atoms with van der Waals surface area (Å²) in [5.74, 6) is 2.27. The molecule has 0 N–H and O–H groups in total. The van der Waals surface area contributed by atoms with Crippen LogP contribution in [0.25, 0.3) is 0 Å². The maximum Gasteiger partial charge on any atom is 0.223 e. The molecule has 0 fully saturated rings. The monoisotopic (exact) mass is 350 g/mol. The van der Waals surface area contributed by atoms with Crippen LogP contribution >= 0.6 is 11.8 Å². The van der Waals surface area contributed by atoms with E-state index in [1.165, 1.54) is 16.7 Å². The Morgan fingerprint density at radius 3 is 2.44 bits per heavy atom. The maximum absolute atomic E-state index is 6.01.